The monoisotopic (exact) mass is 364 g/mol. The van der Waals surface area contributed by atoms with Crippen molar-refractivity contribution in [2.24, 2.45) is 0 Å². The van der Waals surface area contributed by atoms with Gasteiger partial charge in [-0.15, -0.1) is 10.2 Å². The van der Waals surface area contributed by atoms with Gasteiger partial charge in [0.25, 0.3) is 5.89 Å². The minimum absolute atomic E-state index is 0.183. The fraction of sp³-hybridized carbons (Fsp3) is 0.294. The molecule has 0 radical (unpaired) electrons. The summed E-state index contributed by atoms with van der Waals surface area (Å²) in [4.78, 5) is 8.37. The number of benzene rings is 1. The fourth-order valence-corrected chi connectivity index (χ4v) is 2.85. The first kappa shape index (κ1) is 16.6. The van der Waals surface area contributed by atoms with E-state index < -0.39 is 12.1 Å². The Hall–Kier alpha value is -2.84. The lowest BCUT2D eigenvalue weighted by Crippen LogP contribution is -2.13. The Morgan fingerprint density at radius 3 is 2.38 bits per heavy atom. The predicted octanol–water partition coefficient (Wildman–Crippen LogP) is 3.96. The van der Waals surface area contributed by atoms with Crippen LogP contribution in [0.15, 0.2) is 41.1 Å². The van der Waals surface area contributed by atoms with Crippen LogP contribution in [0.3, 0.4) is 0 Å². The van der Waals surface area contributed by atoms with Gasteiger partial charge < -0.3 is 4.42 Å². The molecule has 9 heteroatoms. The molecule has 2 heterocycles. The van der Waals surface area contributed by atoms with Crippen LogP contribution in [0.5, 0.6) is 0 Å². The van der Waals surface area contributed by atoms with E-state index in [-0.39, 0.29) is 22.7 Å². The lowest BCUT2D eigenvalue weighted by molar-refractivity contribution is -0.156. The van der Waals surface area contributed by atoms with Gasteiger partial charge in [0, 0.05) is 24.2 Å². The van der Waals surface area contributed by atoms with Crippen molar-refractivity contribution in [2.45, 2.75) is 30.9 Å². The Morgan fingerprint density at radius 1 is 1.08 bits per heavy atom. The Bertz CT molecular complexity index is 932. The molecule has 0 spiro atoms. The summed E-state index contributed by atoms with van der Waals surface area (Å²) in [5.41, 5.74) is 0.918. The summed E-state index contributed by atoms with van der Waals surface area (Å²) < 4.78 is 55.6. The highest BCUT2D eigenvalue weighted by Crippen LogP contribution is 2.50. The minimum Gasteiger partial charge on any atom is -0.413 e. The van der Waals surface area contributed by atoms with Crippen LogP contribution >= 0.6 is 0 Å². The smallest absolute Gasteiger partial charge is 0.413 e. The number of halogens is 4. The lowest BCUT2D eigenvalue weighted by atomic mass is 9.92. The van der Waals surface area contributed by atoms with E-state index in [0.29, 0.717) is 12.2 Å². The summed E-state index contributed by atoms with van der Waals surface area (Å²) in [5.74, 6) is -1.48. The first-order valence-electron chi connectivity index (χ1n) is 7.84. The second-order valence-corrected chi connectivity index (χ2v) is 6.27. The quantitative estimate of drug-likeness (QED) is 0.656. The topological polar surface area (TPSA) is 64.7 Å². The fourth-order valence-electron chi connectivity index (χ4n) is 2.85. The maximum atomic E-state index is 13.5. The molecule has 1 saturated carbocycles. The highest BCUT2D eigenvalue weighted by atomic mass is 19.4. The van der Waals surface area contributed by atoms with Crippen LogP contribution in [0.2, 0.25) is 0 Å². The maximum absolute atomic E-state index is 13.5. The summed E-state index contributed by atoms with van der Waals surface area (Å²) in [6.07, 6.45) is 0.319. The van der Waals surface area contributed by atoms with Crippen molar-refractivity contribution in [2.75, 3.05) is 0 Å². The van der Waals surface area contributed by atoms with Crippen molar-refractivity contribution < 1.29 is 22.0 Å². The van der Waals surface area contributed by atoms with Gasteiger partial charge in [0.15, 0.2) is 0 Å². The molecule has 0 unspecified atom stereocenters. The predicted molar refractivity (Wildman–Crippen MR) is 81.3 cm³/mol. The second-order valence-electron chi connectivity index (χ2n) is 6.27. The molecule has 0 N–H and O–H groups in total. The summed E-state index contributed by atoms with van der Waals surface area (Å²) in [5, 5.41) is 6.34. The molecule has 1 aliphatic carbocycles. The number of rotatable bonds is 4. The third kappa shape index (κ3) is 3.16. The zero-order valence-electron chi connectivity index (χ0n) is 13.3. The Labute approximate surface area is 145 Å². The zero-order chi connectivity index (χ0) is 18.4. The Kier molecular flexibility index (Phi) is 3.74. The van der Waals surface area contributed by atoms with E-state index in [2.05, 4.69) is 24.6 Å². The van der Waals surface area contributed by atoms with Gasteiger partial charge in [0.2, 0.25) is 0 Å². The number of hydrogen-bond acceptors (Lipinski definition) is 5. The molecule has 5 nitrogen and oxygen atoms in total. The van der Waals surface area contributed by atoms with Crippen molar-refractivity contribution in [1.82, 2.24) is 20.2 Å². The van der Waals surface area contributed by atoms with Gasteiger partial charge in [-0.2, -0.15) is 13.2 Å². The van der Waals surface area contributed by atoms with Crippen molar-refractivity contribution in [1.29, 1.82) is 0 Å². The third-order valence-corrected chi connectivity index (χ3v) is 4.41. The molecule has 0 atom stereocenters. The van der Waals surface area contributed by atoms with Crippen LogP contribution in [0.1, 0.15) is 30.1 Å². The Morgan fingerprint density at radius 2 is 1.81 bits per heavy atom. The van der Waals surface area contributed by atoms with Gasteiger partial charge in [0.05, 0.1) is 5.56 Å². The zero-order valence-corrected chi connectivity index (χ0v) is 13.3. The van der Waals surface area contributed by atoms with E-state index in [9.17, 15) is 17.6 Å². The van der Waals surface area contributed by atoms with Gasteiger partial charge in [-0.3, -0.25) is 0 Å². The first-order valence-corrected chi connectivity index (χ1v) is 7.84. The van der Waals surface area contributed by atoms with E-state index in [1.165, 1.54) is 24.5 Å². The normalized spacial score (nSPS) is 15.8. The summed E-state index contributed by atoms with van der Waals surface area (Å²) in [6.45, 7) is 0. The molecular formula is C17H12F4N4O. The molecule has 1 aliphatic rings. The highest BCUT2D eigenvalue weighted by Gasteiger charge is 2.45. The SMILES string of the molecule is Fc1cccc(C2(Cc3ncc(-c4nnc(C(F)(F)F)o4)cn3)CC2)c1. The lowest BCUT2D eigenvalue weighted by Gasteiger charge is -2.14. The van der Waals surface area contributed by atoms with Crippen LogP contribution in [0.25, 0.3) is 11.5 Å². The van der Waals surface area contributed by atoms with E-state index in [0.717, 1.165) is 18.4 Å². The minimum atomic E-state index is -4.70. The van der Waals surface area contributed by atoms with Gasteiger partial charge in [-0.25, -0.2) is 14.4 Å². The van der Waals surface area contributed by atoms with Crippen molar-refractivity contribution in [3.8, 4) is 11.5 Å². The van der Waals surface area contributed by atoms with E-state index in [1.54, 1.807) is 6.07 Å². The highest BCUT2D eigenvalue weighted by molar-refractivity contribution is 5.49. The molecule has 1 aromatic carbocycles. The van der Waals surface area contributed by atoms with Crippen LogP contribution in [0.4, 0.5) is 17.6 Å². The Balaban J connectivity index is 1.53. The third-order valence-electron chi connectivity index (χ3n) is 4.41. The van der Waals surface area contributed by atoms with Crippen LogP contribution in [-0.2, 0) is 18.0 Å². The van der Waals surface area contributed by atoms with Gasteiger partial charge in [0.1, 0.15) is 11.6 Å². The summed E-state index contributed by atoms with van der Waals surface area (Å²) in [6, 6.07) is 6.45. The first-order chi connectivity index (χ1) is 12.4. The number of aromatic nitrogens is 4. The molecule has 0 amide bonds. The van der Waals surface area contributed by atoms with Crippen molar-refractivity contribution >= 4 is 0 Å². The molecular weight excluding hydrogens is 352 g/mol. The van der Waals surface area contributed by atoms with E-state index in [4.69, 9.17) is 0 Å². The molecule has 4 rings (SSSR count). The molecule has 2 aromatic heterocycles. The van der Waals surface area contributed by atoms with Crippen LogP contribution in [0, 0.1) is 5.82 Å². The largest absolute Gasteiger partial charge is 0.470 e. The molecule has 134 valence electrons. The number of alkyl halides is 3. The molecule has 1 fully saturated rings. The van der Waals surface area contributed by atoms with Crippen molar-refractivity contribution in [3.05, 3.63) is 59.8 Å². The number of hydrogen-bond donors (Lipinski definition) is 0. The molecule has 0 aliphatic heterocycles. The number of nitrogens with zero attached hydrogens (tertiary/aromatic N) is 4. The molecule has 0 saturated heterocycles. The maximum Gasteiger partial charge on any atom is 0.470 e. The molecule has 26 heavy (non-hydrogen) atoms. The molecule has 0 bridgehead atoms. The van der Waals surface area contributed by atoms with Crippen molar-refractivity contribution in [3.63, 3.8) is 0 Å². The average molecular weight is 364 g/mol. The van der Waals surface area contributed by atoms with Crippen LogP contribution in [-0.4, -0.2) is 20.2 Å². The van der Waals surface area contributed by atoms with Crippen LogP contribution < -0.4 is 0 Å². The van der Waals surface area contributed by atoms with E-state index in [1.807, 2.05) is 6.07 Å². The standard InChI is InChI=1S/C17H12F4N4O/c18-12-3-1-2-11(6-12)16(4-5-16)7-13-22-8-10(9-23-13)14-24-25-15(26-14)17(19,20)21/h1-3,6,8-9H,4-5,7H2. The second kappa shape index (κ2) is 5.86. The van der Waals surface area contributed by atoms with E-state index >= 15 is 0 Å². The van der Waals surface area contributed by atoms with Gasteiger partial charge in [-0.05, 0) is 30.5 Å². The molecule has 3 aromatic rings. The average Bonchev–Trinajstić information content (AvgIpc) is 3.19. The summed E-state index contributed by atoms with van der Waals surface area (Å²) >= 11 is 0. The van der Waals surface area contributed by atoms with Gasteiger partial charge >= 0.3 is 12.1 Å². The summed E-state index contributed by atoms with van der Waals surface area (Å²) in [7, 11) is 0. The van der Waals surface area contributed by atoms with Gasteiger partial charge in [-0.1, -0.05) is 12.1 Å².